The maximum absolute atomic E-state index is 14.5. The van der Waals surface area contributed by atoms with Crippen molar-refractivity contribution in [3.63, 3.8) is 0 Å². The first-order valence-electron chi connectivity index (χ1n) is 14.7. The lowest BCUT2D eigenvalue weighted by Crippen LogP contribution is -2.37. The molecule has 4 aromatic rings. The van der Waals surface area contributed by atoms with E-state index >= 15 is 0 Å². The summed E-state index contributed by atoms with van der Waals surface area (Å²) < 4.78 is 0. The normalized spacial score (nSPS) is 15.9. The van der Waals surface area contributed by atoms with Crippen molar-refractivity contribution < 1.29 is 4.79 Å². The van der Waals surface area contributed by atoms with Gasteiger partial charge < -0.3 is 10.3 Å². The highest BCUT2D eigenvalue weighted by Crippen LogP contribution is 2.38. The van der Waals surface area contributed by atoms with Crippen LogP contribution in [0.1, 0.15) is 60.2 Å². The van der Waals surface area contributed by atoms with Crippen LogP contribution >= 0.6 is 0 Å². The third kappa shape index (κ3) is 5.89. The number of anilines is 3. The standard InChI is InChI=1S/C34H38N6O/c1-24-12-17-30-31(22-24)40(29-15-13-28(14-16-29)35-19-18-32-36-20-21-37-32)34(41)39(23-27-11-7-6-8-25(27)2)38-33(30)26-9-4-3-5-10-26/h6-8,11-17,20-22,26,35H,3-5,9-10,18-19,23H2,1-2H3,(H,36,37). The van der Waals surface area contributed by atoms with Crippen LogP contribution in [0.15, 0.2) is 84.2 Å². The average Bonchev–Trinajstić information content (AvgIpc) is 3.48. The number of aryl methyl sites for hydroxylation is 2. The quantitative estimate of drug-likeness (QED) is 0.237. The summed E-state index contributed by atoms with van der Waals surface area (Å²) >= 11 is 0. The molecular weight excluding hydrogens is 508 g/mol. The minimum absolute atomic E-state index is 0.135. The van der Waals surface area contributed by atoms with Crippen molar-refractivity contribution in [3.8, 4) is 0 Å². The number of hydrogen-bond acceptors (Lipinski definition) is 4. The van der Waals surface area contributed by atoms with Crippen molar-refractivity contribution in [2.24, 2.45) is 11.0 Å². The molecule has 2 amide bonds. The Morgan fingerprint density at radius 1 is 0.976 bits per heavy atom. The highest BCUT2D eigenvalue weighted by Gasteiger charge is 2.34. The molecule has 1 aliphatic carbocycles. The molecule has 2 aliphatic rings. The molecule has 7 nitrogen and oxygen atoms in total. The van der Waals surface area contributed by atoms with E-state index in [1.54, 1.807) is 11.2 Å². The lowest BCUT2D eigenvalue weighted by molar-refractivity contribution is 0.207. The number of rotatable bonds is 8. The van der Waals surface area contributed by atoms with Crippen LogP contribution < -0.4 is 10.2 Å². The first-order chi connectivity index (χ1) is 20.1. The molecule has 3 aromatic carbocycles. The zero-order valence-corrected chi connectivity index (χ0v) is 23.9. The Hall–Kier alpha value is -4.39. The van der Waals surface area contributed by atoms with Crippen molar-refractivity contribution in [3.05, 3.63) is 107 Å². The van der Waals surface area contributed by atoms with E-state index in [4.69, 9.17) is 5.10 Å². The predicted molar refractivity (Wildman–Crippen MR) is 166 cm³/mol. The van der Waals surface area contributed by atoms with Crippen LogP contribution in [0.5, 0.6) is 0 Å². The number of aromatic nitrogens is 2. The average molecular weight is 547 g/mol. The third-order valence-electron chi connectivity index (χ3n) is 8.26. The van der Waals surface area contributed by atoms with Crippen LogP contribution in [0.3, 0.4) is 0 Å². The molecule has 0 spiro atoms. The number of hydrogen-bond donors (Lipinski definition) is 2. The summed E-state index contributed by atoms with van der Waals surface area (Å²) in [5, 5.41) is 10.3. The van der Waals surface area contributed by atoms with Gasteiger partial charge in [-0.1, -0.05) is 55.7 Å². The summed E-state index contributed by atoms with van der Waals surface area (Å²) in [6.07, 6.45) is 10.3. The largest absolute Gasteiger partial charge is 0.385 e. The van der Waals surface area contributed by atoms with Gasteiger partial charge in [0.15, 0.2) is 0 Å². The molecule has 1 saturated carbocycles. The molecule has 210 valence electrons. The number of nitrogens with one attached hydrogen (secondary N) is 2. The fourth-order valence-electron chi connectivity index (χ4n) is 5.96. The maximum Gasteiger partial charge on any atom is 0.349 e. The Bertz CT molecular complexity index is 1520. The fraction of sp³-hybridized carbons (Fsp3) is 0.324. The van der Waals surface area contributed by atoms with E-state index in [0.717, 1.165) is 76.7 Å². The summed E-state index contributed by atoms with van der Waals surface area (Å²) in [6.45, 7) is 5.37. The predicted octanol–water partition coefficient (Wildman–Crippen LogP) is 7.74. The number of hydrazone groups is 1. The van der Waals surface area contributed by atoms with Crippen LogP contribution in [0.2, 0.25) is 0 Å². The van der Waals surface area contributed by atoms with Crippen molar-refractivity contribution >= 4 is 28.8 Å². The van der Waals surface area contributed by atoms with Crippen LogP contribution in [0.4, 0.5) is 21.9 Å². The van der Waals surface area contributed by atoms with Gasteiger partial charge in [-0.25, -0.2) is 14.8 Å². The molecule has 41 heavy (non-hydrogen) atoms. The molecule has 1 aromatic heterocycles. The van der Waals surface area contributed by atoms with Gasteiger partial charge in [-0.05, 0) is 73.7 Å². The molecule has 6 rings (SSSR count). The van der Waals surface area contributed by atoms with Gasteiger partial charge >= 0.3 is 6.03 Å². The Labute approximate surface area is 242 Å². The number of amides is 2. The van der Waals surface area contributed by atoms with Crippen LogP contribution in [0.25, 0.3) is 0 Å². The van der Waals surface area contributed by atoms with E-state index in [9.17, 15) is 4.79 Å². The van der Waals surface area contributed by atoms with E-state index < -0.39 is 0 Å². The van der Waals surface area contributed by atoms with E-state index in [-0.39, 0.29) is 6.03 Å². The molecule has 0 saturated heterocycles. The van der Waals surface area contributed by atoms with E-state index in [1.807, 2.05) is 47.5 Å². The summed E-state index contributed by atoms with van der Waals surface area (Å²) in [5.74, 6) is 1.30. The van der Waals surface area contributed by atoms with Crippen molar-refractivity contribution in [1.82, 2.24) is 15.0 Å². The second-order valence-corrected chi connectivity index (χ2v) is 11.2. The lowest BCUT2D eigenvalue weighted by atomic mass is 9.82. The molecule has 0 unspecified atom stereocenters. The van der Waals surface area contributed by atoms with Gasteiger partial charge in [-0.15, -0.1) is 0 Å². The van der Waals surface area contributed by atoms with Gasteiger partial charge in [-0.2, -0.15) is 5.10 Å². The molecule has 2 N–H and O–H groups in total. The van der Waals surface area contributed by atoms with Gasteiger partial charge in [0.25, 0.3) is 0 Å². The Morgan fingerprint density at radius 2 is 1.78 bits per heavy atom. The number of imidazole rings is 1. The number of carbonyl (C=O) groups is 1. The highest BCUT2D eigenvalue weighted by molar-refractivity contribution is 6.14. The Morgan fingerprint density at radius 3 is 2.54 bits per heavy atom. The molecule has 2 heterocycles. The SMILES string of the molecule is Cc1ccc2c(c1)N(c1ccc(NCCc3ncc[nH]3)cc1)C(=O)N(Cc1ccccc1C)N=C2C1CCCCC1. The number of benzene rings is 3. The minimum Gasteiger partial charge on any atom is -0.385 e. The second kappa shape index (κ2) is 12.0. The van der Waals surface area contributed by atoms with Crippen LogP contribution in [-0.4, -0.2) is 33.3 Å². The minimum atomic E-state index is -0.135. The molecular formula is C34H38N6O. The Balaban J connectivity index is 1.36. The zero-order valence-electron chi connectivity index (χ0n) is 23.9. The topological polar surface area (TPSA) is 76.6 Å². The van der Waals surface area contributed by atoms with Gasteiger partial charge in [-0.3, -0.25) is 4.90 Å². The van der Waals surface area contributed by atoms with E-state index in [2.05, 4.69) is 59.5 Å². The summed E-state index contributed by atoms with van der Waals surface area (Å²) in [6, 6.07) is 22.7. The molecule has 1 aliphatic heterocycles. The van der Waals surface area contributed by atoms with Crippen molar-refractivity contribution in [2.75, 3.05) is 16.8 Å². The summed E-state index contributed by atoms with van der Waals surface area (Å²) in [7, 11) is 0. The number of urea groups is 1. The monoisotopic (exact) mass is 546 g/mol. The van der Waals surface area contributed by atoms with Crippen LogP contribution in [0, 0.1) is 19.8 Å². The number of fused-ring (bicyclic) bond motifs is 1. The maximum atomic E-state index is 14.5. The van der Waals surface area contributed by atoms with Gasteiger partial charge in [0.1, 0.15) is 5.82 Å². The first-order valence-corrected chi connectivity index (χ1v) is 14.7. The highest BCUT2D eigenvalue weighted by atomic mass is 16.2. The molecule has 0 bridgehead atoms. The van der Waals surface area contributed by atoms with E-state index in [0.29, 0.717) is 12.5 Å². The number of carbonyl (C=O) groups excluding carboxylic acids is 1. The molecule has 7 heteroatoms. The second-order valence-electron chi connectivity index (χ2n) is 11.2. The van der Waals surface area contributed by atoms with E-state index in [1.165, 1.54) is 19.3 Å². The molecule has 0 atom stereocenters. The molecule has 0 radical (unpaired) electrons. The smallest absolute Gasteiger partial charge is 0.349 e. The number of nitrogens with zero attached hydrogens (tertiary/aromatic N) is 4. The van der Waals surface area contributed by atoms with Gasteiger partial charge in [0.2, 0.25) is 0 Å². The Kier molecular flexibility index (Phi) is 7.85. The van der Waals surface area contributed by atoms with Gasteiger partial charge in [0.05, 0.1) is 23.6 Å². The zero-order chi connectivity index (χ0) is 28.2. The van der Waals surface area contributed by atoms with Crippen molar-refractivity contribution in [2.45, 2.75) is 58.9 Å². The van der Waals surface area contributed by atoms with Crippen LogP contribution in [-0.2, 0) is 13.0 Å². The number of aromatic amines is 1. The van der Waals surface area contributed by atoms with Gasteiger partial charge in [0, 0.05) is 42.5 Å². The summed E-state index contributed by atoms with van der Waals surface area (Å²) in [4.78, 5) is 23.8. The summed E-state index contributed by atoms with van der Waals surface area (Å²) in [5.41, 5.74) is 8.22. The first kappa shape index (κ1) is 26.8. The fourth-order valence-corrected chi connectivity index (χ4v) is 5.96. The third-order valence-corrected chi connectivity index (χ3v) is 8.26. The lowest BCUT2D eigenvalue weighted by Gasteiger charge is -2.27. The molecule has 1 fully saturated rings. The van der Waals surface area contributed by atoms with Crippen molar-refractivity contribution in [1.29, 1.82) is 0 Å². The number of H-pyrrole nitrogens is 1.